The summed E-state index contributed by atoms with van der Waals surface area (Å²) in [6.45, 7) is 1.97. The van der Waals surface area contributed by atoms with Gasteiger partial charge in [-0.2, -0.15) is 15.5 Å². The maximum absolute atomic E-state index is 13.0. The molecule has 6 rings (SSSR count). The highest BCUT2D eigenvalue weighted by Gasteiger charge is 2.54. The van der Waals surface area contributed by atoms with Crippen molar-refractivity contribution in [2.75, 3.05) is 0 Å². The highest BCUT2D eigenvalue weighted by molar-refractivity contribution is 6.02. The van der Waals surface area contributed by atoms with E-state index in [0.717, 1.165) is 46.5 Å². The summed E-state index contributed by atoms with van der Waals surface area (Å²) in [5, 5.41) is 22.0. The number of nitrogens with one attached hydrogen (secondary N) is 1. The minimum atomic E-state index is -0.620. The molecule has 2 unspecified atom stereocenters. The van der Waals surface area contributed by atoms with Gasteiger partial charge in [0.25, 0.3) is 0 Å². The predicted molar refractivity (Wildman–Crippen MR) is 133 cm³/mol. The van der Waals surface area contributed by atoms with Gasteiger partial charge in [-0.05, 0) is 42.0 Å². The molecule has 35 heavy (non-hydrogen) atoms. The lowest BCUT2D eigenvalue weighted by Crippen LogP contribution is -2.48. The first-order valence-corrected chi connectivity index (χ1v) is 11.9. The topological polar surface area (TPSA) is 87.4 Å². The van der Waals surface area contributed by atoms with Crippen molar-refractivity contribution in [2.24, 2.45) is 18.9 Å². The highest BCUT2D eigenvalue weighted by Crippen LogP contribution is 2.54. The standard InChI is InChI=1S/C29H25N5O/c1-18-25-12-11-24-26(20-8-6-7-19(13-20)22-16-31-32-17-22)34(2)33-28(24)29(25,14-21(15-30)27(18)35)23-9-4-3-5-10-23/h3-10,13-14,16-18,25H,11-12H2,1-2H3,(H,31,32)/t18?,25?,29-/m1/s1. The number of carbonyl (C=O) groups is 1. The Labute approximate surface area is 203 Å². The number of nitriles is 1. The summed E-state index contributed by atoms with van der Waals surface area (Å²) >= 11 is 0. The molecule has 0 radical (unpaired) electrons. The Balaban J connectivity index is 1.61. The van der Waals surface area contributed by atoms with Crippen LogP contribution >= 0.6 is 0 Å². The fraction of sp³-hybridized carbons (Fsp3) is 0.241. The lowest BCUT2D eigenvalue weighted by atomic mass is 9.54. The first-order valence-electron chi connectivity index (χ1n) is 11.9. The Morgan fingerprint density at radius 1 is 1.11 bits per heavy atom. The van der Waals surface area contributed by atoms with Crippen LogP contribution < -0.4 is 0 Å². The van der Waals surface area contributed by atoms with Gasteiger partial charge in [0.2, 0.25) is 0 Å². The smallest absolute Gasteiger partial charge is 0.176 e. The normalized spacial score (nSPS) is 23.2. The third-order valence-corrected chi connectivity index (χ3v) is 7.82. The Hall–Kier alpha value is -4.24. The molecule has 0 saturated carbocycles. The van der Waals surface area contributed by atoms with E-state index in [4.69, 9.17) is 5.10 Å². The average Bonchev–Trinajstić information content (AvgIpc) is 3.55. The van der Waals surface area contributed by atoms with Gasteiger partial charge >= 0.3 is 0 Å². The lowest BCUT2D eigenvalue weighted by molar-refractivity contribution is -0.121. The van der Waals surface area contributed by atoms with Crippen LogP contribution in [0.15, 0.2) is 78.6 Å². The second-order valence-electron chi connectivity index (χ2n) is 9.57. The van der Waals surface area contributed by atoms with Gasteiger partial charge in [0.05, 0.1) is 28.6 Å². The maximum Gasteiger partial charge on any atom is 0.176 e. The number of aromatic nitrogens is 4. The zero-order valence-electron chi connectivity index (χ0n) is 19.7. The molecular formula is C29H25N5O. The van der Waals surface area contributed by atoms with Gasteiger partial charge < -0.3 is 0 Å². The number of ketones is 1. The number of aryl methyl sites for hydroxylation is 1. The number of Topliss-reactive ketones (excluding diaryl/α,β-unsaturated/α-hetero) is 1. The number of aromatic amines is 1. The molecule has 3 atom stereocenters. The van der Waals surface area contributed by atoms with Gasteiger partial charge in [-0.25, -0.2) is 0 Å². The lowest BCUT2D eigenvalue weighted by Gasteiger charge is -2.47. The van der Waals surface area contributed by atoms with Crippen LogP contribution in [0.4, 0.5) is 0 Å². The van der Waals surface area contributed by atoms with Crippen LogP contribution in [0.2, 0.25) is 0 Å². The van der Waals surface area contributed by atoms with Gasteiger partial charge in [-0.15, -0.1) is 0 Å². The van der Waals surface area contributed by atoms with E-state index in [2.05, 4.69) is 52.7 Å². The molecule has 0 spiro atoms. The average molecular weight is 460 g/mol. The Kier molecular flexibility index (Phi) is 4.82. The van der Waals surface area contributed by atoms with Crippen LogP contribution in [0, 0.1) is 23.2 Å². The van der Waals surface area contributed by atoms with E-state index in [1.165, 1.54) is 5.56 Å². The zero-order valence-corrected chi connectivity index (χ0v) is 19.7. The van der Waals surface area contributed by atoms with Gasteiger partial charge in [0.1, 0.15) is 6.07 Å². The SMILES string of the molecule is CC1C(=O)C(C#N)=C[C@]2(c3ccccc3)c3nn(C)c(-c4cccc(-c5cn[nH]c5)c4)c3CCC12. The Bertz CT molecular complexity index is 1510. The number of benzene rings is 2. The van der Waals surface area contributed by atoms with Crippen molar-refractivity contribution in [1.29, 1.82) is 5.26 Å². The van der Waals surface area contributed by atoms with Crippen molar-refractivity contribution in [3.05, 3.63) is 95.5 Å². The van der Waals surface area contributed by atoms with E-state index in [-0.39, 0.29) is 23.2 Å². The molecule has 2 aliphatic carbocycles. The summed E-state index contributed by atoms with van der Waals surface area (Å²) < 4.78 is 1.97. The number of H-pyrrole nitrogens is 1. The molecule has 0 aliphatic heterocycles. The Morgan fingerprint density at radius 2 is 1.91 bits per heavy atom. The van der Waals surface area contributed by atoms with E-state index in [1.54, 1.807) is 0 Å². The number of hydrogen-bond acceptors (Lipinski definition) is 4. The fourth-order valence-corrected chi connectivity index (χ4v) is 6.24. The third-order valence-electron chi connectivity index (χ3n) is 7.82. The van der Waals surface area contributed by atoms with Crippen molar-refractivity contribution in [2.45, 2.75) is 25.2 Å². The summed E-state index contributed by atoms with van der Waals surface area (Å²) in [7, 11) is 1.98. The number of fused-ring (bicyclic) bond motifs is 3. The molecule has 2 aromatic carbocycles. The van der Waals surface area contributed by atoms with Gasteiger partial charge in [-0.3, -0.25) is 14.6 Å². The summed E-state index contributed by atoms with van der Waals surface area (Å²) in [6.07, 6.45) is 7.31. The van der Waals surface area contributed by atoms with Crippen molar-refractivity contribution in [1.82, 2.24) is 20.0 Å². The third kappa shape index (κ3) is 3.05. The number of hydrogen-bond donors (Lipinski definition) is 1. The minimum Gasteiger partial charge on any atom is -0.293 e. The molecule has 2 heterocycles. The van der Waals surface area contributed by atoms with Gasteiger partial charge in [0, 0.05) is 35.9 Å². The second kappa shape index (κ2) is 7.92. The second-order valence-corrected chi connectivity index (χ2v) is 9.57. The van der Waals surface area contributed by atoms with E-state index in [1.807, 2.05) is 55.3 Å². The molecule has 6 heteroatoms. The molecule has 0 bridgehead atoms. The van der Waals surface area contributed by atoms with Crippen molar-refractivity contribution < 1.29 is 4.79 Å². The van der Waals surface area contributed by atoms with Crippen molar-refractivity contribution >= 4 is 5.78 Å². The molecule has 0 amide bonds. The van der Waals surface area contributed by atoms with Crippen molar-refractivity contribution in [3.63, 3.8) is 0 Å². The zero-order chi connectivity index (χ0) is 24.2. The summed E-state index contributed by atoms with van der Waals surface area (Å²) in [4.78, 5) is 13.0. The van der Waals surface area contributed by atoms with E-state index in [9.17, 15) is 10.1 Å². The number of nitrogens with zero attached hydrogens (tertiary/aromatic N) is 4. The summed E-state index contributed by atoms with van der Waals surface area (Å²) in [6, 6.07) is 20.9. The van der Waals surface area contributed by atoms with Gasteiger partial charge in [0.15, 0.2) is 5.78 Å². The molecule has 0 fully saturated rings. The maximum atomic E-state index is 13.0. The van der Waals surface area contributed by atoms with E-state index in [0.29, 0.717) is 0 Å². The van der Waals surface area contributed by atoms with Crippen LogP contribution in [0.25, 0.3) is 22.4 Å². The number of rotatable bonds is 3. The van der Waals surface area contributed by atoms with Crippen LogP contribution in [-0.4, -0.2) is 25.8 Å². The van der Waals surface area contributed by atoms with Crippen LogP contribution in [0.1, 0.15) is 30.2 Å². The summed E-state index contributed by atoms with van der Waals surface area (Å²) in [5.74, 6) is -0.267. The van der Waals surface area contributed by atoms with Gasteiger partial charge in [-0.1, -0.05) is 55.5 Å². The largest absolute Gasteiger partial charge is 0.293 e. The van der Waals surface area contributed by atoms with Crippen LogP contribution in [0.5, 0.6) is 0 Å². The van der Waals surface area contributed by atoms with Crippen molar-refractivity contribution in [3.8, 4) is 28.5 Å². The predicted octanol–water partition coefficient (Wildman–Crippen LogP) is 4.99. The van der Waals surface area contributed by atoms with Crippen LogP contribution in [-0.2, 0) is 23.7 Å². The monoisotopic (exact) mass is 459 g/mol. The molecule has 6 nitrogen and oxygen atoms in total. The summed E-state index contributed by atoms with van der Waals surface area (Å²) in [5.41, 5.74) is 7.12. The molecule has 2 aromatic heterocycles. The molecule has 1 N–H and O–H groups in total. The van der Waals surface area contributed by atoms with E-state index < -0.39 is 5.41 Å². The Morgan fingerprint density at radius 3 is 2.66 bits per heavy atom. The highest BCUT2D eigenvalue weighted by atomic mass is 16.1. The molecule has 172 valence electrons. The molecular weight excluding hydrogens is 434 g/mol. The quantitative estimate of drug-likeness (QED) is 0.467. The van der Waals surface area contributed by atoms with E-state index >= 15 is 0 Å². The minimum absolute atomic E-state index is 0.0435. The first kappa shape index (κ1) is 21.3. The number of carbonyl (C=O) groups excluding carboxylic acids is 1. The molecule has 4 aromatic rings. The first-order chi connectivity index (χ1) is 17.0. The number of allylic oxidation sites excluding steroid dienone is 2. The fourth-order valence-electron chi connectivity index (χ4n) is 6.24. The molecule has 0 saturated heterocycles. The molecule has 2 aliphatic rings. The van der Waals surface area contributed by atoms with Crippen LogP contribution in [0.3, 0.4) is 0 Å².